The lowest BCUT2D eigenvalue weighted by Gasteiger charge is -2.12. The molecule has 2 aromatic heterocycles. The minimum absolute atomic E-state index is 0.173. The maximum Gasteiger partial charge on any atom is 0.335 e. The molecule has 180 valence electrons. The first-order valence-electron chi connectivity index (χ1n) is 11.6. The van der Waals surface area contributed by atoms with Crippen LogP contribution in [-0.4, -0.2) is 30.4 Å². The summed E-state index contributed by atoms with van der Waals surface area (Å²) < 4.78 is 3.38. The number of rotatable bonds is 7. The fourth-order valence-corrected chi connectivity index (χ4v) is 4.40. The topological polar surface area (TPSA) is 116 Å². The molecule has 0 saturated carbocycles. The number of carboxylic acid groups (broad SMARTS) is 1. The first kappa shape index (κ1) is 23.0. The van der Waals surface area contributed by atoms with Gasteiger partial charge in [0.25, 0.3) is 5.56 Å². The number of benzene rings is 3. The lowest BCUT2D eigenvalue weighted by Crippen LogP contribution is -2.24. The predicted octanol–water partition coefficient (Wildman–Crippen LogP) is 4.14. The number of aromatic carboxylic acids is 1. The van der Waals surface area contributed by atoms with Gasteiger partial charge in [-0.05, 0) is 60.4 Å². The van der Waals surface area contributed by atoms with E-state index in [2.05, 4.69) is 22.2 Å². The fraction of sp³-hybridized carbons (Fsp3) is 0.143. The molecule has 0 bridgehead atoms. The van der Waals surface area contributed by atoms with Crippen LogP contribution in [0.15, 0.2) is 83.7 Å². The summed E-state index contributed by atoms with van der Waals surface area (Å²) in [7, 11) is 0. The van der Waals surface area contributed by atoms with Crippen LogP contribution in [0.25, 0.3) is 22.3 Å². The number of hydrogen-bond donors (Lipinski definition) is 2. The molecule has 0 fully saturated rings. The zero-order valence-electron chi connectivity index (χ0n) is 19.8. The predicted molar refractivity (Wildman–Crippen MR) is 139 cm³/mol. The van der Waals surface area contributed by atoms with Crippen molar-refractivity contribution < 1.29 is 9.90 Å². The normalized spacial score (nSPS) is 11.1. The van der Waals surface area contributed by atoms with E-state index in [1.54, 1.807) is 24.3 Å². The van der Waals surface area contributed by atoms with Gasteiger partial charge in [0.05, 0.1) is 28.8 Å². The van der Waals surface area contributed by atoms with E-state index in [-0.39, 0.29) is 17.7 Å². The van der Waals surface area contributed by atoms with Gasteiger partial charge in [-0.2, -0.15) is 5.10 Å². The van der Waals surface area contributed by atoms with Gasteiger partial charge in [0.2, 0.25) is 5.95 Å². The molecule has 0 aliphatic rings. The first-order chi connectivity index (χ1) is 17.4. The number of hydrogen-bond acceptors (Lipinski definition) is 5. The van der Waals surface area contributed by atoms with Crippen LogP contribution >= 0.6 is 0 Å². The molecule has 36 heavy (non-hydrogen) atoms. The maximum absolute atomic E-state index is 12.7. The van der Waals surface area contributed by atoms with Crippen LogP contribution in [0, 0.1) is 6.92 Å². The van der Waals surface area contributed by atoms with Crippen molar-refractivity contribution in [1.82, 2.24) is 19.3 Å². The number of aromatic nitrogens is 4. The minimum atomic E-state index is -1.01. The molecule has 0 amide bonds. The Hall–Kier alpha value is -4.72. The summed E-state index contributed by atoms with van der Waals surface area (Å²) in [5.41, 5.74) is 12.2. The third kappa shape index (κ3) is 4.61. The van der Waals surface area contributed by atoms with Crippen LogP contribution in [0.2, 0.25) is 0 Å². The fourth-order valence-electron chi connectivity index (χ4n) is 4.40. The van der Waals surface area contributed by atoms with Crippen LogP contribution < -0.4 is 11.3 Å². The summed E-state index contributed by atoms with van der Waals surface area (Å²) in [6, 6.07) is 24.1. The van der Waals surface area contributed by atoms with Gasteiger partial charge in [0, 0.05) is 18.2 Å². The van der Waals surface area contributed by atoms with Crippen molar-refractivity contribution in [2.24, 2.45) is 0 Å². The highest BCUT2D eigenvalue weighted by molar-refractivity contribution is 5.87. The second-order valence-electron chi connectivity index (χ2n) is 8.74. The van der Waals surface area contributed by atoms with Gasteiger partial charge in [0.15, 0.2) is 0 Å². The molecule has 0 aliphatic carbocycles. The third-order valence-corrected chi connectivity index (χ3v) is 6.20. The van der Waals surface area contributed by atoms with E-state index in [0.717, 1.165) is 34.1 Å². The van der Waals surface area contributed by atoms with Gasteiger partial charge >= 0.3 is 5.97 Å². The quantitative estimate of drug-likeness (QED) is 0.362. The van der Waals surface area contributed by atoms with E-state index in [1.807, 2.05) is 47.9 Å². The van der Waals surface area contributed by atoms with Gasteiger partial charge < -0.3 is 15.4 Å². The Bertz CT molecular complexity index is 1650. The van der Waals surface area contributed by atoms with Gasteiger partial charge in [-0.1, -0.05) is 42.5 Å². The van der Waals surface area contributed by atoms with E-state index >= 15 is 0 Å². The number of nitrogens with two attached hydrogens (primary N) is 1. The smallest absolute Gasteiger partial charge is 0.335 e. The van der Waals surface area contributed by atoms with Crippen molar-refractivity contribution in [3.63, 3.8) is 0 Å². The number of anilines is 1. The Morgan fingerprint density at radius 3 is 2.58 bits per heavy atom. The summed E-state index contributed by atoms with van der Waals surface area (Å²) in [6.45, 7) is 2.73. The van der Waals surface area contributed by atoms with Crippen LogP contribution in [-0.2, 0) is 19.5 Å². The molecule has 2 heterocycles. The van der Waals surface area contributed by atoms with E-state index in [1.165, 1.54) is 10.7 Å². The van der Waals surface area contributed by atoms with Crippen molar-refractivity contribution in [3.8, 4) is 11.3 Å². The largest absolute Gasteiger partial charge is 0.478 e. The number of imidazole rings is 1. The van der Waals surface area contributed by atoms with Crippen LogP contribution in [0.1, 0.15) is 27.0 Å². The molecule has 0 radical (unpaired) electrons. The second-order valence-corrected chi connectivity index (χ2v) is 8.74. The average molecular weight is 480 g/mol. The van der Waals surface area contributed by atoms with Crippen molar-refractivity contribution in [2.45, 2.75) is 26.4 Å². The number of fused-ring (bicyclic) bond motifs is 1. The molecular formula is C28H25N5O3. The molecule has 0 aliphatic heterocycles. The number of carboxylic acids is 1. The molecule has 0 atom stereocenters. The van der Waals surface area contributed by atoms with Gasteiger partial charge in [-0.3, -0.25) is 4.79 Å². The number of nitrogens with zero attached hydrogens (tertiary/aromatic N) is 4. The SMILES string of the molecule is Cc1cc(=O)n(Cc2cccc(C(=O)O)c2)nc1-c1cccc(CCn2c(N)nc3ccccc32)c1. The lowest BCUT2D eigenvalue weighted by molar-refractivity contribution is 0.0696. The van der Waals surface area contributed by atoms with Crippen LogP contribution in [0.4, 0.5) is 5.95 Å². The number of aryl methyl sites for hydroxylation is 3. The first-order valence-corrected chi connectivity index (χ1v) is 11.6. The highest BCUT2D eigenvalue weighted by Crippen LogP contribution is 2.23. The number of nitrogen functional groups attached to an aromatic ring is 1. The molecule has 3 N–H and O–H groups in total. The molecule has 0 saturated heterocycles. The Balaban J connectivity index is 1.42. The molecule has 8 nitrogen and oxygen atoms in total. The number of para-hydroxylation sites is 2. The highest BCUT2D eigenvalue weighted by Gasteiger charge is 2.12. The summed E-state index contributed by atoms with van der Waals surface area (Å²) in [5.74, 6) is -0.520. The van der Waals surface area contributed by atoms with Crippen molar-refractivity contribution in [1.29, 1.82) is 0 Å². The zero-order chi connectivity index (χ0) is 25.2. The Morgan fingerprint density at radius 1 is 0.972 bits per heavy atom. The van der Waals surface area contributed by atoms with E-state index in [0.29, 0.717) is 23.8 Å². The van der Waals surface area contributed by atoms with Crippen molar-refractivity contribution in [3.05, 3.63) is 111 Å². The van der Waals surface area contributed by atoms with Crippen molar-refractivity contribution >= 4 is 23.0 Å². The monoisotopic (exact) mass is 479 g/mol. The van der Waals surface area contributed by atoms with E-state index in [9.17, 15) is 14.7 Å². The van der Waals surface area contributed by atoms with E-state index in [4.69, 9.17) is 5.73 Å². The molecule has 5 aromatic rings. The minimum Gasteiger partial charge on any atom is -0.478 e. The molecule has 5 rings (SSSR count). The molecule has 3 aromatic carbocycles. The zero-order valence-corrected chi connectivity index (χ0v) is 19.8. The average Bonchev–Trinajstić information content (AvgIpc) is 3.19. The van der Waals surface area contributed by atoms with Crippen molar-refractivity contribution in [2.75, 3.05) is 5.73 Å². The van der Waals surface area contributed by atoms with Gasteiger partial charge in [-0.25, -0.2) is 14.5 Å². The number of carbonyl (C=O) groups is 1. The van der Waals surface area contributed by atoms with E-state index < -0.39 is 5.97 Å². The summed E-state index contributed by atoms with van der Waals surface area (Å²) in [5, 5.41) is 13.9. The standard InChI is InChI=1S/C28H25N5O3/c1-18-14-25(34)33(17-20-7-5-9-22(16-20)27(35)36)31-26(18)21-8-4-6-19(15-21)12-13-32-24-11-3-2-10-23(24)30-28(32)29/h2-11,14-16H,12-13,17H2,1H3,(H2,29,30)(H,35,36). The highest BCUT2D eigenvalue weighted by atomic mass is 16.4. The Labute approximate surface area is 207 Å². The Morgan fingerprint density at radius 2 is 1.75 bits per heavy atom. The Kier molecular flexibility index (Phi) is 6.08. The summed E-state index contributed by atoms with van der Waals surface area (Å²) >= 11 is 0. The molecule has 0 unspecified atom stereocenters. The summed E-state index contributed by atoms with van der Waals surface area (Å²) in [6.07, 6.45) is 0.749. The summed E-state index contributed by atoms with van der Waals surface area (Å²) in [4.78, 5) is 28.4. The molecule has 8 heteroatoms. The van der Waals surface area contributed by atoms with Gasteiger partial charge in [0.1, 0.15) is 0 Å². The van der Waals surface area contributed by atoms with Crippen LogP contribution in [0.5, 0.6) is 0 Å². The lowest BCUT2D eigenvalue weighted by atomic mass is 10.0. The maximum atomic E-state index is 12.7. The third-order valence-electron chi connectivity index (χ3n) is 6.20. The second kappa shape index (κ2) is 9.50. The van der Waals surface area contributed by atoms with Crippen LogP contribution in [0.3, 0.4) is 0 Å². The molecular weight excluding hydrogens is 454 g/mol. The van der Waals surface area contributed by atoms with Gasteiger partial charge in [-0.15, -0.1) is 0 Å². The molecule has 0 spiro atoms.